The Balaban J connectivity index is 2.25. The number of benzene rings is 1. The minimum atomic E-state index is -0.479. The number of ether oxygens (including phenoxy) is 1. The van der Waals surface area contributed by atoms with E-state index in [1.165, 1.54) is 23.0 Å². The first kappa shape index (κ1) is 16.1. The molecule has 0 radical (unpaired) electrons. The van der Waals surface area contributed by atoms with Crippen LogP contribution in [0.5, 0.6) is 5.75 Å². The number of likely N-dealkylation sites (N-methyl/N-ethyl adjacent to an activating group) is 1. The van der Waals surface area contributed by atoms with E-state index in [9.17, 15) is 9.59 Å². The third-order valence-electron chi connectivity index (χ3n) is 3.55. The van der Waals surface area contributed by atoms with Crippen LogP contribution >= 0.6 is 11.3 Å². The van der Waals surface area contributed by atoms with Crippen molar-refractivity contribution in [3.8, 4) is 17.0 Å². The van der Waals surface area contributed by atoms with E-state index in [2.05, 4.69) is 15.3 Å². The van der Waals surface area contributed by atoms with Crippen LogP contribution in [0.2, 0.25) is 0 Å². The number of aryl methyl sites for hydroxylation is 1. The van der Waals surface area contributed by atoms with E-state index in [0.717, 1.165) is 10.6 Å². The van der Waals surface area contributed by atoms with Crippen LogP contribution in [0.25, 0.3) is 21.6 Å². The zero-order valence-electron chi connectivity index (χ0n) is 13.5. The molecule has 2 heterocycles. The van der Waals surface area contributed by atoms with Gasteiger partial charge in [0, 0.05) is 12.6 Å². The van der Waals surface area contributed by atoms with E-state index >= 15 is 0 Å². The van der Waals surface area contributed by atoms with Crippen LogP contribution in [-0.4, -0.2) is 34.6 Å². The maximum atomic E-state index is 12.5. The van der Waals surface area contributed by atoms with Crippen LogP contribution in [0.4, 0.5) is 0 Å². The molecule has 0 fully saturated rings. The molecule has 1 N–H and O–H groups in total. The Hall–Kier alpha value is -2.74. The molecule has 1 aromatic carbocycles. The van der Waals surface area contributed by atoms with Crippen molar-refractivity contribution < 1.29 is 9.53 Å². The van der Waals surface area contributed by atoms with E-state index < -0.39 is 5.69 Å². The van der Waals surface area contributed by atoms with Crippen LogP contribution in [-0.2, 0) is 11.3 Å². The van der Waals surface area contributed by atoms with Crippen LogP contribution in [0.3, 0.4) is 0 Å². The molecule has 0 atom stereocenters. The summed E-state index contributed by atoms with van der Waals surface area (Å²) in [5.74, 6) is 0.407. The zero-order valence-corrected chi connectivity index (χ0v) is 14.3. The molecular weight excluding hydrogens is 328 g/mol. The molecular formula is C16H16N4O3S. The van der Waals surface area contributed by atoms with E-state index in [1.807, 2.05) is 25.1 Å². The molecule has 3 aromatic rings. The monoisotopic (exact) mass is 344 g/mol. The Morgan fingerprint density at radius 1 is 1.38 bits per heavy atom. The Kier molecular flexibility index (Phi) is 4.30. The van der Waals surface area contributed by atoms with E-state index in [0.29, 0.717) is 21.8 Å². The Labute approximate surface area is 141 Å². The van der Waals surface area contributed by atoms with Crippen molar-refractivity contribution in [1.82, 2.24) is 19.9 Å². The number of thiazole rings is 1. The normalized spacial score (nSPS) is 10.8. The summed E-state index contributed by atoms with van der Waals surface area (Å²) in [7, 11) is 3.11. The molecule has 0 spiro atoms. The average molecular weight is 344 g/mol. The van der Waals surface area contributed by atoms with Gasteiger partial charge in [0.25, 0.3) is 0 Å². The quantitative estimate of drug-likeness (QED) is 0.777. The SMILES string of the molecule is CNC(=O)Cn1c(=O)nc(-c2cccc(OC)c2)c2nc(C)sc21. The van der Waals surface area contributed by atoms with Gasteiger partial charge in [-0.1, -0.05) is 12.1 Å². The van der Waals surface area contributed by atoms with Crippen molar-refractivity contribution in [3.05, 3.63) is 39.8 Å². The second-order valence-electron chi connectivity index (χ2n) is 5.12. The Morgan fingerprint density at radius 3 is 2.88 bits per heavy atom. The van der Waals surface area contributed by atoms with Gasteiger partial charge in [0.15, 0.2) is 0 Å². The zero-order chi connectivity index (χ0) is 17.3. The molecule has 8 heteroatoms. The number of rotatable bonds is 4. The molecule has 124 valence electrons. The van der Waals surface area contributed by atoms with Gasteiger partial charge in [0.05, 0.1) is 12.1 Å². The lowest BCUT2D eigenvalue weighted by molar-refractivity contribution is -0.121. The van der Waals surface area contributed by atoms with Crippen LogP contribution < -0.4 is 15.7 Å². The molecule has 3 rings (SSSR count). The highest BCUT2D eigenvalue weighted by molar-refractivity contribution is 7.18. The number of hydrogen-bond donors (Lipinski definition) is 1. The van der Waals surface area contributed by atoms with Gasteiger partial charge in [-0.2, -0.15) is 4.98 Å². The summed E-state index contributed by atoms with van der Waals surface area (Å²) < 4.78 is 6.58. The van der Waals surface area contributed by atoms with Gasteiger partial charge < -0.3 is 10.1 Å². The topological polar surface area (TPSA) is 86.1 Å². The summed E-state index contributed by atoms with van der Waals surface area (Å²) >= 11 is 1.36. The highest BCUT2D eigenvalue weighted by atomic mass is 32.1. The van der Waals surface area contributed by atoms with E-state index in [-0.39, 0.29) is 12.5 Å². The summed E-state index contributed by atoms with van der Waals surface area (Å²) in [4.78, 5) is 33.5. The molecule has 0 unspecified atom stereocenters. The molecule has 24 heavy (non-hydrogen) atoms. The molecule has 0 aliphatic rings. The van der Waals surface area contributed by atoms with Gasteiger partial charge in [-0.25, -0.2) is 9.78 Å². The predicted molar refractivity (Wildman–Crippen MR) is 92.5 cm³/mol. The summed E-state index contributed by atoms with van der Waals surface area (Å²) in [6.07, 6.45) is 0. The Morgan fingerprint density at radius 2 is 2.17 bits per heavy atom. The summed E-state index contributed by atoms with van der Waals surface area (Å²) in [5, 5.41) is 3.31. The highest BCUT2D eigenvalue weighted by Gasteiger charge is 2.17. The minimum Gasteiger partial charge on any atom is -0.497 e. The smallest absolute Gasteiger partial charge is 0.349 e. The van der Waals surface area contributed by atoms with E-state index in [1.54, 1.807) is 13.2 Å². The van der Waals surface area contributed by atoms with E-state index in [4.69, 9.17) is 4.74 Å². The average Bonchev–Trinajstić information content (AvgIpc) is 2.98. The van der Waals surface area contributed by atoms with Crippen molar-refractivity contribution in [3.63, 3.8) is 0 Å². The molecule has 1 amide bonds. The molecule has 7 nitrogen and oxygen atoms in total. The second kappa shape index (κ2) is 6.40. The lowest BCUT2D eigenvalue weighted by atomic mass is 10.1. The van der Waals surface area contributed by atoms with Crippen LogP contribution in [0, 0.1) is 6.92 Å². The lowest BCUT2D eigenvalue weighted by Gasteiger charge is -2.09. The van der Waals surface area contributed by atoms with Crippen LogP contribution in [0.15, 0.2) is 29.1 Å². The summed E-state index contributed by atoms with van der Waals surface area (Å²) in [5.41, 5.74) is 1.36. The van der Waals surface area contributed by atoms with Crippen molar-refractivity contribution in [2.75, 3.05) is 14.2 Å². The minimum absolute atomic E-state index is 0.0845. The molecule has 0 saturated carbocycles. The molecule has 2 aromatic heterocycles. The number of fused-ring (bicyclic) bond motifs is 1. The van der Waals surface area contributed by atoms with Crippen molar-refractivity contribution in [1.29, 1.82) is 0 Å². The highest BCUT2D eigenvalue weighted by Crippen LogP contribution is 2.30. The number of carbonyl (C=O) groups is 1. The molecule has 0 aliphatic carbocycles. The fourth-order valence-corrected chi connectivity index (χ4v) is 3.29. The number of methoxy groups -OCH3 is 1. The fourth-order valence-electron chi connectivity index (χ4n) is 2.38. The standard InChI is InChI=1S/C16H16N4O3S/c1-9-18-14-13(10-5-4-6-11(7-10)23-3)19-16(22)20(15(14)24-9)8-12(21)17-2/h4-7H,8H2,1-3H3,(H,17,21). The van der Waals surface area contributed by atoms with Gasteiger partial charge in [-0.05, 0) is 19.1 Å². The third-order valence-corrected chi connectivity index (χ3v) is 4.54. The largest absolute Gasteiger partial charge is 0.497 e. The first-order chi connectivity index (χ1) is 11.5. The summed E-state index contributed by atoms with van der Waals surface area (Å²) in [6.45, 7) is 1.77. The number of amides is 1. The molecule has 0 saturated heterocycles. The maximum Gasteiger partial charge on any atom is 0.349 e. The van der Waals surface area contributed by atoms with Gasteiger partial charge in [-0.3, -0.25) is 9.36 Å². The number of nitrogens with zero attached hydrogens (tertiary/aromatic N) is 3. The van der Waals surface area contributed by atoms with Gasteiger partial charge in [-0.15, -0.1) is 11.3 Å². The first-order valence-electron chi connectivity index (χ1n) is 7.26. The predicted octanol–water partition coefficient (Wildman–Crippen LogP) is 1.58. The van der Waals surface area contributed by atoms with Crippen molar-refractivity contribution in [2.45, 2.75) is 13.5 Å². The van der Waals surface area contributed by atoms with Crippen molar-refractivity contribution in [2.24, 2.45) is 0 Å². The maximum absolute atomic E-state index is 12.5. The third kappa shape index (κ3) is 2.88. The number of nitrogens with one attached hydrogen (secondary N) is 1. The fraction of sp³-hybridized carbons (Fsp3) is 0.250. The lowest BCUT2D eigenvalue weighted by Crippen LogP contribution is -2.31. The van der Waals surface area contributed by atoms with Gasteiger partial charge in [0.2, 0.25) is 5.91 Å². The number of aromatic nitrogens is 3. The second-order valence-corrected chi connectivity index (χ2v) is 6.30. The number of hydrogen-bond acceptors (Lipinski definition) is 6. The first-order valence-corrected chi connectivity index (χ1v) is 8.08. The van der Waals surface area contributed by atoms with Gasteiger partial charge in [0.1, 0.15) is 28.3 Å². The number of carbonyl (C=O) groups excluding carboxylic acids is 1. The molecule has 0 bridgehead atoms. The van der Waals surface area contributed by atoms with Crippen molar-refractivity contribution >= 4 is 27.6 Å². The summed E-state index contributed by atoms with van der Waals surface area (Å²) in [6, 6.07) is 7.30. The molecule has 0 aliphatic heterocycles. The van der Waals surface area contributed by atoms with Gasteiger partial charge >= 0.3 is 5.69 Å². The van der Waals surface area contributed by atoms with Crippen LogP contribution in [0.1, 0.15) is 5.01 Å². The Bertz CT molecular complexity index is 977.